The summed E-state index contributed by atoms with van der Waals surface area (Å²) in [5.41, 5.74) is 2.07. The van der Waals surface area contributed by atoms with Gasteiger partial charge in [0, 0.05) is 15.4 Å². The van der Waals surface area contributed by atoms with Gasteiger partial charge in [-0.25, -0.2) is 4.98 Å². The van der Waals surface area contributed by atoms with E-state index >= 15 is 0 Å². The lowest BCUT2D eigenvalue weighted by Crippen LogP contribution is -2.05. The first-order valence-electron chi connectivity index (χ1n) is 6.57. The highest BCUT2D eigenvalue weighted by atomic mass is 79.9. The fraction of sp³-hybridized carbons (Fsp3) is 0.500. The molecule has 0 spiro atoms. The van der Waals surface area contributed by atoms with Crippen molar-refractivity contribution in [1.29, 1.82) is 0 Å². The maximum Gasteiger partial charge on any atom is 0.110 e. The monoisotopic (exact) mass is 324 g/mol. The van der Waals surface area contributed by atoms with Gasteiger partial charge in [0.1, 0.15) is 11.3 Å². The number of imidazole rings is 1. The van der Waals surface area contributed by atoms with Crippen LogP contribution in [-0.2, 0) is 0 Å². The molecular weight excluding hydrogens is 312 g/mol. The lowest BCUT2D eigenvalue weighted by atomic mass is 9.97. The zero-order chi connectivity index (χ0) is 12.3. The van der Waals surface area contributed by atoms with Crippen molar-refractivity contribution in [2.24, 2.45) is 11.8 Å². The molecule has 0 atom stereocenters. The van der Waals surface area contributed by atoms with E-state index in [1.807, 2.05) is 12.1 Å². The standard InChI is InChI=1S/C14H14BrClN2/c15-10-5-9(16)6-11-13(10)18-14(17-11)12(7-1-2-7)8-3-4-8/h5-8,12H,1-4H2,(H,17,18). The van der Waals surface area contributed by atoms with Crippen molar-refractivity contribution in [1.82, 2.24) is 9.97 Å². The molecule has 4 heteroatoms. The highest BCUT2D eigenvalue weighted by Crippen LogP contribution is 2.54. The normalized spacial score (nSPS) is 19.9. The summed E-state index contributed by atoms with van der Waals surface area (Å²) in [7, 11) is 0. The molecule has 0 aliphatic heterocycles. The number of aromatic nitrogens is 2. The van der Waals surface area contributed by atoms with Gasteiger partial charge < -0.3 is 4.98 Å². The molecule has 2 saturated carbocycles. The van der Waals surface area contributed by atoms with Crippen molar-refractivity contribution in [2.45, 2.75) is 31.6 Å². The van der Waals surface area contributed by atoms with Crippen LogP contribution >= 0.6 is 27.5 Å². The molecule has 0 radical (unpaired) electrons. The number of fused-ring (bicyclic) bond motifs is 1. The van der Waals surface area contributed by atoms with E-state index in [1.54, 1.807) is 0 Å². The SMILES string of the molecule is Clc1cc(Br)c2nc(C(C3CC3)C3CC3)[nH]c2c1. The minimum atomic E-state index is 0.656. The molecule has 2 aromatic rings. The Morgan fingerprint density at radius 2 is 1.89 bits per heavy atom. The minimum absolute atomic E-state index is 0.656. The van der Waals surface area contributed by atoms with E-state index in [0.717, 1.165) is 32.4 Å². The molecule has 0 unspecified atom stereocenters. The van der Waals surface area contributed by atoms with Gasteiger partial charge in [-0.2, -0.15) is 0 Å². The average molecular weight is 326 g/mol. The van der Waals surface area contributed by atoms with Crippen molar-refractivity contribution in [3.63, 3.8) is 0 Å². The summed E-state index contributed by atoms with van der Waals surface area (Å²) in [6.45, 7) is 0. The number of aromatic amines is 1. The van der Waals surface area contributed by atoms with E-state index in [-0.39, 0.29) is 0 Å². The van der Waals surface area contributed by atoms with Crippen molar-refractivity contribution in [3.05, 3.63) is 27.5 Å². The predicted octanol–water partition coefficient (Wildman–Crippen LogP) is 4.88. The summed E-state index contributed by atoms with van der Waals surface area (Å²) in [6, 6.07) is 3.88. The topological polar surface area (TPSA) is 28.7 Å². The zero-order valence-electron chi connectivity index (χ0n) is 9.92. The molecule has 1 heterocycles. The predicted molar refractivity (Wildman–Crippen MR) is 77.0 cm³/mol. The molecule has 0 amide bonds. The van der Waals surface area contributed by atoms with Gasteiger partial charge in [0.05, 0.1) is 5.52 Å². The van der Waals surface area contributed by atoms with E-state index in [0.29, 0.717) is 5.92 Å². The number of rotatable bonds is 3. The lowest BCUT2D eigenvalue weighted by molar-refractivity contribution is 0.514. The largest absolute Gasteiger partial charge is 0.342 e. The summed E-state index contributed by atoms with van der Waals surface area (Å²) in [6.07, 6.45) is 5.50. The van der Waals surface area contributed by atoms with E-state index in [4.69, 9.17) is 16.6 Å². The van der Waals surface area contributed by atoms with Crippen LogP contribution in [0, 0.1) is 11.8 Å². The summed E-state index contributed by atoms with van der Waals surface area (Å²) in [5, 5.41) is 0.749. The van der Waals surface area contributed by atoms with Crippen LogP contribution in [0.3, 0.4) is 0 Å². The van der Waals surface area contributed by atoms with Gasteiger partial charge >= 0.3 is 0 Å². The Morgan fingerprint density at radius 3 is 2.50 bits per heavy atom. The highest BCUT2D eigenvalue weighted by molar-refractivity contribution is 9.10. The third-order valence-electron chi connectivity index (χ3n) is 4.10. The third-order valence-corrected chi connectivity index (χ3v) is 4.92. The van der Waals surface area contributed by atoms with Gasteiger partial charge in [0.2, 0.25) is 0 Å². The summed E-state index contributed by atoms with van der Waals surface area (Å²) < 4.78 is 0.984. The molecule has 2 aliphatic carbocycles. The average Bonchev–Trinajstić information content (AvgIpc) is 3.19. The molecule has 4 rings (SSSR count). The van der Waals surface area contributed by atoms with Crippen LogP contribution in [0.1, 0.15) is 37.4 Å². The van der Waals surface area contributed by atoms with Crippen LogP contribution in [-0.4, -0.2) is 9.97 Å². The quantitative estimate of drug-likeness (QED) is 0.856. The Kier molecular flexibility index (Phi) is 2.50. The summed E-state index contributed by atoms with van der Waals surface area (Å²) >= 11 is 9.63. The Morgan fingerprint density at radius 1 is 1.22 bits per heavy atom. The Labute approximate surface area is 119 Å². The van der Waals surface area contributed by atoms with Crippen LogP contribution in [0.5, 0.6) is 0 Å². The molecule has 0 bridgehead atoms. The molecule has 18 heavy (non-hydrogen) atoms. The van der Waals surface area contributed by atoms with Crippen LogP contribution in [0.15, 0.2) is 16.6 Å². The van der Waals surface area contributed by atoms with Crippen molar-refractivity contribution in [2.75, 3.05) is 0 Å². The van der Waals surface area contributed by atoms with Crippen LogP contribution in [0.4, 0.5) is 0 Å². The molecule has 2 fully saturated rings. The lowest BCUT2D eigenvalue weighted by Gasteiger charge is -2.11. The molecule has 94 valence electrons. The number of nitrogens with one attached hydrogen (secondary N) is 1. The van der Waals surface area contributed by atoms with Gasteiger partial charge in [-0.1, -0.05) is 11.6 Å². The highest BCUT2D eigenvalue weighted by Gasteiger charge is 2.43. The zero-order valence-corrected chi connectivity index (χ0v) is 12.3. The molecule has 0 saturated heterocycles. The second-order valence-corrected chi connectivity index (χ2v) is 6.90. The van der Waals surface area contributed by atoms with E-state index in [9.17, 15) is 0 Å². The van der Waals surface area contributed by atoms with Crippen LogP contribution in [0.25, 0.3) is 11.0 Å². The number of benzene rings is 1. The number of nitrogens with zero attached hydrogens (tertiary/aromatic N) is 1. The van der Waals surface area contributed by atoms with E-state index in [1.165, 1.54) is 31.5 Å². The molecule has 2 aliphatic rings. The Hall–Kier alpha value is -0.540. The van der Waals surface area contributed by atoms with Crippen molar-refractivity contribution in [3.8, 4) is 0 Å². The number of halogens is 2. The Bertz CT molecular complexity index is 602. The second kappa shape index (κ2) is 3.97. The summed E-state index contributed by atoms with van der Waals surface area (Å²) in [4.78, 5) is 8.31. The van der Waals surface area contributed by atoms with Gasteiger partial charge in [-0.05, 0) is 65.6 Å². The first-order valence-corrected chi connectivity index (χ1v) is 7.74. The van der Waals surface area contributed by atoms with Crippen LogP contribution in [0.2, 0.25) is 5.02 Å². The molecule has 1 N–H and O–H groups in total. The molecular formula is C14H14BrClN2. The minimum Gasteiger partial charge on any atom is -0.342 e. The van der Waals surface area contributed by atoms with Gasteiger partial charge in [0.25, 0.3) is 0 Å². The first-order chi connectivity index (χ1) is 8.72. The Balaban J connectivity index is 1.82. The number of hydrogen-bond donors (Lipinski definition) is 1. The van der Waals surface area contributed by atoms with Crippen molar-refractivity contribution >= 4 is 38.6 Å². The van der Waals surface area contributed by atoms with Gasteiger partial charge in [-0.3, -0.25) is 0 Å². The number of hydrogen-bond acceptors (Lipinski definition) is 1. The van der Waals surface area contributed by atoms with Gasteiger partial charge in [-0.15, -0.1) is 0 Å². The second-order valence-electron chi connectivity index (χ2n) is 5.61. The smallest absolute Gasteiger partial charge is 0.110 e. The maximum atomic E-state index is 6.08. The molecule has 2 nitrogen and oxygen atoms in total. The van der Waals surface area contributed by atoms with Crippen molar-refractivity contribution < 1.29 is 0 Å². The first kappa shape index (κ1) is 11.3. The fourth-order valence-corrected chi connectivity index (χ4v) is 3.86. The van der Waals surface area contributed by atoms with E-state index in [2.05, 4.69) is 20.9 Å². The third kappa shape index (κ3) is 1.88. The number of H-pyrrole nitrogens is 1. The maximum absolute atomic E-state index is 6.08. The fourth-order valence-electron chi connectivity index (χ4n) is 2.96. The van der Waals surface area contributed by atoms with E-state index < -0.39 is 0 Å². The molecule has 1 aromatic heterocycles. The molecule has 1 aromatic carbocycles. The summed E-state index contributed by atoms with van der Waals surface area (Å²) in [5.74, 6) is 3.57. The van der Waals surface area contributed by atoms with Gasteiger partial charge in [0.15, 0.2) is 0 Å². The van der Waals surface area contributed by atoms with Crippen LogP contribution < -0.4 is 0 Å².